The molecular formula is C18H29N5O2S. The van der Waals surface area contributed by atoms with E-state index in [1.54, 1.807) is 0 Å². The van der Waals surface area contributed by atoms with Gasteiger partial charge in [-0.15, -0.1) is 0 Å². The van der Waals surface area contributed by atoms with E-state index >= 15 is 0 Å². The van der Waals surface area contributed by atoms with Crippen LogP contribution in [0, 0.1) is 5.92 Å². The van der Waals surface area contributed by atoms with Crippen LogP contribution in [0.25, 0.3) is 0 Å². The van der Waals surface area contributed by atoms with Crippen molar-refractivity contribution < 1.29 is 8.42 Å². The molecule has 2 fully saturated rings. The number of likely N-dealkylation sites (tertiary alicyclic amines) is 1. The monoisotopic (exact) mass is 379 g/mol. The number of hydrogen-bond acceptors (Lipinski definition) is 4. The molecule has 3 rings (SSSR count). The van der Waals surface area contributed by atoms with Gasteiger partial charge in [-0.1, -0.05) is 12.2 Å². The lowest BCUT2D eigenvalue weighted by Crippen LogP contribution is -2.42. The zero-order valence-corrected chi connectivity index (χ0v) is 16.5. The van der Waals surface area contributed by atoms with Crippen LogP contribution in [0.4, 0.5) is 0 Å². The molecule has 7 nitrogen and oxygen atoms in total. The zero-order valence-electron chi connectivity index (χ0n) is 15.7. The van der Waals surface area contributed by atoms with Gasteiger partial charge in [0, 0.05) is 38.8 Å². The summed E-state index contributed by atoms with van der Waals surface area (Å²) >= 11 is 0. The molecule has 2 unspecified atom stereocenters. The number of aryl methyl sites for hydroxylation is 1. The standard InChI is InChI=1S/C18H29N5O2S/c1-14(2)8-19-18(20-9-15-5-7-26(24,25)13-15)23-6-4-16(12-23)17-10-21-22(3)11-17/h10-11,15-16H,1,4-9,12-13H2,2-3H3,(H,19,20). The molecule has 0 aromatic carbocycles. The van der Waals surface area contributed by atoms with Crippen LogP contribution in [-0.2, 0) is 16.9 Å². The SMILES string of the molecule is C=C(C)CN=C(NCC1CCS(=O)(=O)C1)N1CCC(c2cnn(C)c2)C1. The van der Waals surface area contributed by atoms with E-state index in [-0.39, 0.29) is 11.7 Å². The van der Waals surface area contributed by atoms with Crippen molar-refractivity contribution in [2.24, 2.45) is 18.0 Å². The van der Waals surface area contributed by atoms with E-state index in [4.69, 9.17) is 4.99 Å². The van der Waals surface area contributed by atoms with Gasteiger partial charge in [0.2, 0.25) is 0 Å². The van der Waals surface area contributed by atoms with Crippen molar-refractivity contribution in [3.05, 3.63) is 30.1 Å². The van der Waals surface area contributed by atoms with Gasteiger partial charge in [0.1, 0.15) is 0 Å². The molecule has 2 atom stereocenters. The van der Waals surface area contributed by atoms with Crippen LogP contribution in [0.15, 0.2) is 29.5 Å². The van der Waals surface area contributed by atoms with Crippen LogP contribution < -0.4 is 5.32 Å². The fourth-order valence-electron chi connectivity index (χ4n) is 3.62. The zero-order chi connectivity index (χ0) is 18.7. The Morgan fingerprint density at radius 1 is 1.46 bits per heavy atom. The van der Waals surface area contributed by atoms with Gasteiger partial charge in [0.25, 0.3) is 0 Å². The molecule has 8 heteroatoms. The Morgan fingerprint density at radius 3 is 2.88 bits per heavy atom. The summed E-state index contributed by atoms with van der Waals surface area (Å²) in [5.74, 6) is 2.08. The second kappa shape index (κ2) is 7.82. The summed E-state index contributed by atoms with van der Waals surface area (Å²) in [5.41, 5.74) is 2.27. The normalized spacial score (nSPS) is 25.6. The van der Waals surface area contributed by atoms with Gasteiger partial charge in [-0.25, -0.2) is 13.4 Å². The molecule has 0 amide bonds. The highest BCUT2D eigenvalue weighted by molar-refractivity contribution is 7.91. The average Bonchev–Trinajstić information content (AvgIpc) is 3.27. The number of nitrogens with one attached hydrogen (secondary N) is 1. The van der Waals surface area contributed by atoms with E-state index in [2.05, 4.69) is 28.1 Å². The fourth-order valence-corrected chi connectivity index (χ4v) is 5.48. The van der Waals surface area contributed by atoms with Crippen molar-refractivity contribution in [3.8, 4) is 0 Å². The Labute approximate surface area is 156 Å². The minimum Gasteiger partial charge on any atom is -0.356 e. The maximum atomic E-state index is 11.7. The van der Waals surface area contributed by atoms with Crippen molar-refractivity contribution in [1.29, 1.82) is 0 Å². The molecule has 0 bridgehead atoms. The first kappa shape index (κ1) is 18.9. The minimum absolute atomic E-state index is 0.173. The van der Waals surface area contributed by atoms with E-state index in [9.17, 15) is 8.42 Å². The first-order valence-corrected chi connectivity index (χ1v) is 11.0. The molecule has 1 aromatic rings. The van der Waals surface area contributed by atoms with Crippen LogP contribution in [0.1, 0.15) is 31.2 Å². The first-order valence-electron chi connectivity index (χ1n) is 9.19. The second-order valence-electron chi connectivity index (χ2n) is 7.63. The van der Waals surface area contributed by atoms with Gasteiger partial charge >= 0.3 is 0 Å². The van der Waals surface area contributed by atoms with E-state index in [1.807, 2.05) is 24.9 Å². The topological polar surface area (TPSA) is 79.6 Å². The molecule has 26 heavy (non-hydrogen) atoms. The molecule has 0 spiro atoms. The van der Waals surface area contributed by atoms with E-state index in [0.29, 0.717) is 24.8 Å². The largest absolute Gasteiger partial charge is 0.356 e. The van der Waals surface area contributed by atoms with Crippen LogP contribution in [-0.4, -0.2) is 66.7 Å². The Bertz CT molecular complexity index is 783. The Morgan fingerprint density at radius 2 is 2.27 bits per heavy atom. The van der Waals surface area contributed by atoms with Gasteiger partial charge in [-0.3, -0.25) is 4.68 Å². The van der Waals surface area contributed by atoms with E-state index in [0.717, 1.165) is 37.5 Å². The lowest BCUT2D eigenvalue weighted by atomic mass is 10.0. The van der Waals surface area contributed by atoms with Gasteiger partial charge in [0.15, 0.2) is 15.8 Å². The molecular weight excluding hydrogens is 350 g/mol. The van der Waals surface area contributed by atoms with Crippen molar-refractivity contribution in [2.75, 3.05) is 37.7 Å². The summed E-state index contributed by atoms with van der Waals surface area (Å²) in [6, 6.07) is 0. The van der Waals surface area contributed by atoms with Crippen LogP contribution in [0.5, 0.6) is 0 Å². The lowest BCUT2D eigenvalue weighted by Gasteiger charge is -2.23. The smallest absolute Gasteiger partial charge is 0.194 e. The Hall–Kier alpha value is -1.83. The predicted molar refractivity (Wildman–Crippen MR) is 104 cm³/mol. The fraction of sp³-hybridized carbons (Fsp3) is 0.667. The predicted octanol–water partition coefficient (Wildman–Crippen LogP) is 1.17. The summed E-state index contributed by atoms with van der Waals surface area (Å²) in [4.78, 5) is 6.97. The summed E-state index contributed by atoms with van der Waals surface area (Å²) in [7, 11) is -0.910. The molecule has 0 saturated carbocycles. The second-order valence-corrected chi connectivity index (χ2v) is 9.85. The summed E-state index contributed by atoms with van der Waals surface area (Å²) in [5, 5.41) is 7.70. The van der Waals surface area contributed by atoms with Crippen LogP contribution >= 0.6 is 0 Å². The van der Waals surface area contributed by atoms with Crippen molar-refractivity contribution in [2.45, 2.75) is 25.7 Å². The molecule has 2 saturated heterocycles. The third-order valence-corrected chi connectivity index (χ3v) is 6.90. The van der Waals surface area contributed by atoms with Gasteiger partial charge in [-0.2, -0.15) is 5.10 Å². The quantitative estimate of drug-likeness (QED) is 0.472. The third-order valence-electron chi connectivity index (χ3n) is 5.06. The molecule has 2 aliphatic rings. The van der Waals surface area contributed by atoms with E-state index in [1.165, 1.54) is 5.56 Å². The number of rotatable bonds is 5. The van der Waals surface area contributed by atoms with E-state index < -0.39 is 9.84 Å². The highest BCUT2D eigenvalue weighted by atomic mass is 32.2. The van der Waals surface area contributed by atoms with Crippen LogP contribution in [0.2, 0.25) is 0 Å². The molecule has 0 radical (unpaired) electrons. The number of aromatic nitrogens is 2. The van der Waals surface area contributed by atoms with Crippen molar-refractivity contribution >= 4 is 15.8 Å². The number of aliphatic imine (C=N–C) groups is 1. The van der Waals surface area contributed by atoms with Gasteiger partial charge in [0.05, 0.1) is 24.2 Å². The minimum atomic E-state index is -2.85. The number of nitrogens with zero attached hydrogens (tertiary/aromatic N) is 4. The Kier molecular flexibility index (Phi) is 5.70. The molecule has 2 aliphatic heterocycles. The molecule has 0 aliphatic carbocycles. The lowest BCUT2D eigenvalue weighted by molar-refractivity contribution is 0.470. The van der Waals surface area contributed by atoms with Crippen molar-refractivity contribution in [1.82, 2.24) is 20.0 Å². The maximum absolute atomic E-state index is 11.7. The molecule has 1 N–H and O–H groups in total. The summed E-state index contributed by atoms with van der Waals surface area (Å²) < 4.78 is 25.2. The van der Waals surface area contributed by atoms with Crippen LogP contribution in [0.3, 0.4) is 0 Å². The van der Waals surface area contributed by atoms with Crippen molar-refractivity contribution in [3.63, 3.8) is 0 Å². The highest BCUT2D eigenvalue weighted by Gasteiger charge is 2.30. The van der Waals surface area contributed by atoms with Gasteiger partial charge < -0.3 is 10.2 Å². The average molecular weight is 380 g/mol. The highest BCUT2D eigenvalue weighted by Crippen LogP contribution is 2.27. The molecule has 1 aromatic heterocycles. The third kappa shape index (κ3) is 4.87. The summed E-state index contributed by atoms with van der Waals surface area (Å²) in [6.07, 6.45) is 5.82. The molecule has 144 valence electrons. The number of sulfone groups is 1. The number of guanidine groups is 1. The summed E-state index contributed by atoms with van der Waals surface area (Å²) in [6.45, 7) is 8.97. The number of hydrogen-bond donors (Lipinski definition) is 1. The first-order chi connectivity index (χ1) is 12.3. The maximum Gasteiger partial charge on any atom is 0.194 e. The Balaban J connectivity index is 1.62. The molecule has 3 heterocycles. The van der Waals surface area contributed by atoms with Gasteiger partial charge in [-0.05, 0) is 31.2 Å².